The first kappa shape index (κ1) is 15.5. The van der Waals surface area contributed by atoms with Crippen LogP contribution in [0.25, 0.3) is 0 Å². The molecule has 0 saturated carbocycles. The van der Waals surface area contributed by atoms with E-state index in [4.69, 9.17) is 5.26 Å². The summed E-state index contributed by atoms with van der Waals surface area (Å²) in [6.45, 7) is 3.05. The number of hydrogen-bond acceptors (Lipinski definition) is 4. The van der Waals surface area contributed by atoms with Crippen LogP contribution >= 0.6 is 0 Å². The number of anilines is 1. The topological polar surface area (TPSA) is 102 Å². The lowest BCUT2D eigenvalue weighted by molar-refractivity contribution is -0.133. The quantitative estimate of drug-likeness (QED) is 0.816. The highest BCUT2D eigenvalue weighted by atomic mass is 16.2. The second-order valence-electron chi connectivity index (χ2n) is 5.25. The number of imide groups is 1. The fraction of sp³-hybridized carbons (Fsp3) is 0.333. The van der Waals surface area contributed by atoms with Crippen LogP contribution in [0.15, 0.2) is 24.3 Å². The Morgan fingerprint density at radius 3 is 2.77 bits per heavy atom. The second kappa shape index (κ2) is 5.85. The Morgan fingerprint density at radius 2 is 2.18 bits per heavy atom. The maximum absolute atomic E-state index is 12.2. The molecule has 0 spiro atoms. The molecule has 2 N–H and O–H groups in total. The molecule has 2 rings (SSSR count). The van der Waals surface area contributed by atoms with Crippen molar-refractivity contribution in [1.82, 2.24) is 10.2 Å². The Labute approximate surface area is 127 Å². The zero-order valence-electron chi connectivity index (χ0n) is 12.3. The van der Waals surface area contributed by atoms with Gasteiger partial charge in [-0.05, 0) is 31.5 Å². The lowest BCUT2D eigenvalue weighted by atomic mass is 9.99. The molecule has 4 amide bonds. The zero-order chi connectivity index (χ0) is 16.3. The van der Waals surface area contributed by atoms with Gasteiger partial charge in [-0.25, -0.2) is 4.79 Å². The number of rotatable bonds is 4. The molecule has 0 aromatic heterocycles. The van der Waals surface area contributed by atoms with Crippen LogP contribution in [0.2, 0.25) is 0 Å². The van der Waals surface area contributed by atoms with Crippen LogP contribution in [-0.4, -0.2) is 34.8 Å². The predicted octanol–water partition coefficient (Wildman–Crippen LogP) is 1.22. The van der Waals surface area contributed by atoms with Gasteiger partial charge in [-0.1, -0.05) is 13.0 Å². The number of amides is 4. The summed E-state index contributed by atoms with van der Waals surface area (Å²) in [5.74, 6) is -0.917. The fourth-order valence-electron chi connectivity index (χ4n) is 2.14. The minimum Gasteiger partial charge on any atom is -0.324 e. The Balaban J connectivity index is 2.05. The number of carbonyl (C=O) groups is 3. The van der Waals surface area contributed by atoms with Crippen molar-refractivity contribution in [3.8, 4) is 6.07 Å². The Hall–Kier alpha value is -2.88. The lowest BCUT2D eigenvalue weighted by Gasteiger charge is -2.19. The summed E-state index contributed by atoms with van der Waals surface area (Å²) in [5, 5.41) is 14.0. The van der Waals surface area contributed by atoms with Gasteiger partial charge in [0, 0.05) is 5.69 Å². The van der Waals surface area contributed by atoms with E-state index in [1.807, 2.05) is 6.07 Å². The molecule has 7 heteroatoms. The summed E-state index contributed by atoms with van der Waals surface area (Å²) in [6.07, 6.45) is 0.444. The first-order chi connectivity index (χ1) is 10.4. The molecular formula is C15H16N4O3. The third-order valence-electron chi connectivity index (χ3n) is 3.63. The number of carbonyl (C=O) groups excluding carboxylic acids is 3. The van der Waals surface area contributed by atoms with Crippen molar-refractivity contribution in [1.29, 1.82) is 5.26 Å². The minimum absolute atomic E-state index is 0.364. The third-order valence-corrected chi connectivity index (χ3v) is 3.63. The molecule has 1 atom stereocenters. The standard InChI is InChI=1S/C15H16N4O3/c1-3-15(2)13(21)19(14(22)18-15)9-12(20)17-11-6-4-5-10(7-11)8-16/h4-7H,3,9H2,1-2H3,(H,17,20)(H,18,22)/t15-/m1/s1. The van der Waals surface area contributed by atoms with Gasteiger partial charge in [0.15, 0.2) is 0 Å². The van der Waals surface area contributed by atoms with E-state index in [2.05, 4.69) is 10.6 Å². The van der Waals surface area contributed by atoms with Crippen LogP contribution in [-0.2, 0) is 9.59 Å². The van der Waals surface area contributed by atoms with Crippen molar-refractivity contribution in [2.24, 2.45) is 0 Å². The molecule has 1 aliphatic rings. The predicted molar refractivity (Wildman–Crippen MR) is 78.7 cm³/mol. The number of nitrogens with zero attached hydrogens (tertiary/aromatic N) is 2. The van der Waals surface area contributed by atoms with Crippen molar-refractivity contribution in [2.75, 3.05) is 11.9 Å². The van der Waals surface area contributed by atoms with E-state index in [0.29, 0.717) is 17.7 Å². The second-order valence-corrected chi connectivity index (χ2v) is 5.25. The largest absolute Gasteiger partial charge is 0.325 e. The summed E-state index contributed by atoms with van der Waals surface area (Å²) >= 11 is 0. The van der Waals surface area contributed by atoms with Crippen molar-refractivity contribution >= 4 is 23.5 Å². The van der Waals surface area contributed by atoms with E-state index < -0.39 is 23.4 Å². The van der Waals surface area contributed by atoms with Gasteiger partial charge in [-0.15, -0.1) is 0 Å². The zero-order valence-corrected chi connectivity index (χ0v) is 12.3. The smallest absolute Gasteiger partial charge is 0.324 e. The summed E-state index contributed by atoms with van der Waals surface area (Å²) in [4.78, 5) is 36.9. The van der Waals surface area contributed by atoms with Crippen LogP contribution in [0.5, 0.6) is 0 Å². The molecule has 1 fully saturated rings. The molecule has 1 aliphatic heterocycles. The summed E-state index contributed by atoms with van der Waals surface area (Å²) in [6, 6.07) is 7.78. The molecule has 1 saturated heterocycles. The number of nitrogens with one attached hydrogen (secondary N) is 2. The van der Waals surface area contributed by atoms with Gasteiger partial charge in [0.1, 0.15) is 12.1 Å². The van der Waals surface area contributed by atoms with Crippen LogP contribution in [0.3, 0.4) is 0 Å². The van der Waals surface area contributed by atoms with Gasteiger partial charge in [-0.2, -0.15) is 5.26 Å². The van der Waals surface area contributed by atoms with Gasteiger partial charge in [0.25, 0.3) is 5.91 Å². The van der Waals surface area contributed by atoms with Crippen LogP contribution in [0.1, 0.15) is 25.8 Å². The number of benzene rings is 1. The highest BCUT2D eigenvalue weighted by Gasteiger charge is 2.46. The first-order valence-electron chi connectivity index (χ1n) is 6.84. The van der Waals surface area contributed by atoms with Crippen molar-refractivity contribution in [3.63, 3.8) is 0 Å². The average Bonchev–Trinajstić information content (AvgIpc) is 2.71. The van der Waals surface area contributed by atoms with Crippen molar-refractivity contribution < 1.29 is 14.4 Å². The summed E-state index contributed by atoms with van der Waals surface area (Å²) < 4.78 is 0. The molecule has 1 heterocycles. The highest BCUT2D eigenvalue weighted by molar-refractivity contribution is 6.09. The normalized spacial score (nSPS) is 20.5. The fourth-order valence-corrected chi connectivity index (χ4v) is 2.14. The van der Waals surface area contributed by atoms with Gasteiger partial charge in [0.2, 0.25) is 5.91 Å². The van der Waals surface area contributed by atoms with E-state index in [0.717, 1.165) is 4.90 Å². The van der Waals surface area contributed by atoms with Crippen molar-refractivity contribution in [2.45, 2.75) is 25.8 Å². The van der Waals surface area contributed by atoms with Crippen LogP contribution < -0.4 is 10.6 Å². The number of urea groups is 1. The lowest BCUT2D eigenvalue weighted by Crippen LogP contribution is -2.44. The summed E-state index contributed by atoms with van der Waals surface area (Å²) in [5.41, 5.74) is -0.112. The molecule has 1 aromatic rings. The number of nitriles is 1. The van der Waals surface area contributed by atoms with Gasteiger partial charge >= 0.3 is 6.03 Å². The molecule has 0 unspecified atom stereocenters. The SMILES string of the molecule is CC[C@@]1(C)NC(=O)N(CC(=O)Nc2cccc(C#N)c2)C1=O. The molecule has 22 heavy (non-hydrogen) atoms. The van der Waals surface area contributed by atoms with E-state index in [1.54, 1.807) is 32.0 Å². The molecular weight excluding hydrogens is 284 g/mol. The van der Waals surface area contributed by atoms with Gasteiger partial charge in [-0.3, -0.25) is 14.5 Å². The van der Waals surface area contributed by atoms with Gasteiger partial charge in [0.05, 0.1) is 11.6 Å². The van der Waals surface area contributed by atoms with Gasteiger partial charge < -0.3 is 10.6 Å². The Kier molecular flexibility index (Phi) is 4.13. The van der Waals surface area contributed by atoms with Crippen molar-refractivity contribution in [3.05, 3.63) is 29.8 Å². The van der Waals surface area contributed by atoms with Crippen LogP contribution in [0, 0.1) is 11.3 Å². The monoisotopic (exact) mass is 300 g/mol. The first-order valence-corrected chi connectivity index (χ1v) is 6.84. The van der Waals surface area contributed by atoms with E-state index >= 15 is 0 Å². The minimum atomic E-state index is -0.960. The Bertz CT molecular complexity index is 680. The summed E-state index contributed by atoms with van der Waals surface area (Å²) in [7, 11) is 0. The van der Waals surface area contributed by atoms with E-state index in [-0.39, 0.29) is 6.54 Å². The van der Waals surface area contributed by atoms with Crippen LogP contribution in [0.4, 0.5) is 10.5 Å². The maximum Gasteiger partial charge on any atom is 0.325 e. The molecule has 114 valence electrons. The third kappa shape index (κ3) is 2.91. The molecule has 1 aromatic carbocycles. The average molecular weight is 300 g/mol. The molecule has 7 nitrogen and oxygen atoms in total. The molecule has 0 aliphatic carbocycles. The molecule has 0 radical (unpaired) electrons. The van der Waals surface area contributed by atoms with E-state index in [1.165, 1.54) is 6.07 Å². The number of hydrogen-bond donors (Lipinski definition) is 2. The van der Waals surface area contributed by atoms with E-state index in [9.17, 15) is 14.4 Å². The highest BCUT2D eigenvalue weighted by Crippen LogP contribution is 2.20. The Morgan fingerprint density at radius 1 is 1.45 bits per heavy atom. The maximum atomic E-state index is 12.2. The molecule has 0 bridgehead atoms.